The molecule has 0 heterocycles. The monoisotopic (exact) mass is 258 g/mol. The SMILES string of the molecule is CCOCc1cc(CNN)ccc1Br. The maximum Gasteiger partial charge on any atom is 0.0727 e. The maximum absolute atomic E-state index is 5.35. The molecule has 1 aromatic carbocycles. The number of hydrogen-bond donors (Lipinski definition) is 2. The van der Waals surface area contributed by atoms with E-state index in [9.17, 15) is 0 Å². The second kappa shape index (κ2) is 6.14. The molecule has 0 radical (unpaired) electrons. The average molecular weight is 259 g/mol. The van der Waals surface area contributed by atoms with Gasteiger partial charge in [0.2, 0.25) is 0 Å². The number of halogens is 1. The molecule has 78 valence electrons. The number of benzene rings is 1. The molecule has 14 heavy (non-hydrogen) atoms. The summed E-state index contributed by atoms with van der Waals surface area (Å²) >= 11 is 3.48. The molecule has 0 spiro atoms. The Morgan fingerprint density at radius 1 is 1.50 bits per heavy atom. The molecule has 0 aliphatic carbocycles. The van der Waals surface area contributed by atoms with Crippen LogP contribution in [0.4, 0.5) is 0 Å². The van der Waals surface area contributed by atoms with Crippen LogP contribution in [-0.4, -0.2) is 6.61 Å². The highest BCUT2D eigenvalue weighted by atomic mass is 79.9. The zero-order chi connectivity index (χ0) is 10.4. The van der Waals surface area contributed by atoms with Gasteiger partial charge in [0.15, 0.2) is 0 Å². The first-order valence-corrected chi connectivity index (χ1v) is 5.35. The van der Waals surface area contributed by atoms with Crippen LogP contribution in [0.5, 0.6) is 0 Å². The van der Waals surface area contributed by atoms with E-state index in [0.717, 1.165) is 22.2 Å². The summed E-state index contributed by atoms with van der Waals surface area (Å²) < 4.78 is 6.43. The molecule has 1 rings (SSSR count). The molecule has 3 N–H and O–H groups in total. The van der Waals surface area contributed by atoms with Crippen LogP contribution < -0.4 is 11.3 Å². The highest BCUT2D eigenvalue weighted by Crippen LogP contribution is 2.19. The number of nitrogens with two attached hydrogens (primary N) is 1. The summed E-state index contributed by atoms with van der Waals surface area (Å²) in [5.41, 5.74) is 4.94. The summed E-state index contributed by atoms with van der Waals surface area (Å²) in [7, 11) is 0. The summed E-state index contributed by atoms with van der Waals surface area (Å²) in [6.45, 7) is 4.02. The van der Waals surface area contributed by atoms with E-state index in [-0.39, 0.29) is 0 Å². The minimum atomic E-state index is 0.634. The molecule has 0 amide bonds. The Labute approximate surface area is 92.7 Å². The first-order chi connectivity index (χ1) is 6.77. The number of ether oxygens (including phenoxy) is 1. The molecule has 0 fully saturated rings. The lowest BCUT2D eigenvalue weighted by Crippen LogP contribution is -2.20. The third kappa shape index (κ3) is 3.38. The topological polar surface area (TPSA) is 47.3 Å². The lowest BCUT2D eigenvalue weighted by atomic mass is 10.1. The molecule has 0 aliphatic heterocycles. The molecule has 3 nitrogen and oxygen atoms in total. The highest BCUT2D eigenvalue weighted by Gasteiger charge is 2.01. The normalized spacial score (nSPS) is 10.5. The predicted molar refractivity (Wildman–Crippen MR) is 60.5 cm³/mol. The first kappa shape index (κ1) is 11.7. The van der Waals surface area contributed by atoms with Crippen molar-refractivity contribution in [2.75, 3.05) is 6.61 Å². The largest absolute Gasteiger partial charge is 0.377 e. The fourth-order valence-electron chi connectivity index (χ4n) is 1.18. The zero-order valence-corrected chi connectivity index (χ0v) is 9.80. The van der Waals surface area contributed by atoms with E-state index >= 15 is 0 Å². The summed E-state index contributed by atoms with van der Waals surface area (Å²) in [5.74, 6) is 5.26. The van der Waals surface area contributed by atoms with Crippen molar-refractivity contribution in [3.8, 4) is 0 Å². The standard InChI is InChI=1S/C10H15BrN2O/c1-2-14-7-9-5-8(6-13-12)3-4-10(9)11/h3-5,13H,2,6-7,12H2,1H3. The van der Waals surface area contributed by atoms with E-state index in [2.05, 4.69) is 27.4 Å². The fraction of sp³-hybridized carbons (Fsp3) is 0.400. The quantitative estimate of drug-likeness (QED) is 0.627. The highest BCUT2D eigenvalue weighted by molar-refractivity contribution is 9.10. The van der Waals surface area contributed by atoms with Crippen LogP contribution >= 0.6 is 15.9 Å². The van der Waals surface area contributed by atoms with Crippen LogP contribution in [0.1, 0.15) is 18.1 Å². The van der Waals surface area contributed by atoms with Gasteiger partial charge in [-0.25, -0.2) is 0 Å². The molecule has 0 saturated heterocycles. The lowest BCUT2D eigenvalue weighted by molar-refractivity contribution is 0.133. The van der Waals surface area contributed by atoms with Crippen LogP contribution in [0.3, 0.4) is 0 Å². The van der Waals surface area contributed by atoms with Gasteiger partial charge in [-0.2, -0.15) is 0 Å². The van der Waals surface area contributed by atoms with Gasteiger partial charge in [-0.3, -0.25) is 11.3 Å². The van der Waals surface area contributed by atoms with E-state index in [4.69, 9.17) is 10.6 Å². The van der Waals surface area contributed by atoms with Gasteiger partial charge in [0.1, 0.15) is 0 Å². The molecular formula is C10H15BrN2O. The van der Waals surface area contributed by atoms with Gasteiger partial charge in [-0.05, 0) is 24.1 Å². The fourth-order valence-corrected chi connectivity index (χ4v) is 1.54. The zero-order valence-electron chi connectivity index (χ0n) is 8.22. The molecule has 0 aromatic heterocycles. The summed E-state index contributed by atoms with van der Waals surface area (Å²) in [4.78, 5) is 0. The van der Waals surface area contributed by atoms with Crippen LogP contribution in [0.15, 0.2) is 22.7 Å². The Balaban J connectivity index is 2.74. The predicted octanol–water partition coefficient (Wildman–Crippen LogP) is 1.95. The van der Waals surface area contributed by atoms with Gasteiger partial charge in [0.25, 0.3) is 0 Å². The second-order valence-corrected chi connectivity index (χ2v) is 3.80. The van der Waals surface area contributed by atoms with Crippen molar-refractivity contribution < 1.29 is 4.74 Å². The van der Waals surface area contributed by atoms with Gasteiger partial charge >= 0.3 is 0 Å². The molecule has 4 heteroatoms. The van der Waals surface area contributed by atoms with Crippen molar-refractivity contribution >= 4 is 15.9 Å². The average Bonchev–Trinajstić information content (AvgIpc) is 2.19. The minimum Gasteiger partial charge on any atom is -0.377 e. The van der Waals surface area contributed by atoms with Gasteiger partial charge in [-0.1, -0.05) is 28.1 Å². The summed E-state index contributed by atoms with van der Waals surface area (Å²) in [6.07, 6.45) is 0. The molecule has 0 saturated carbocycles. The number of hydrazine groups is 1. The van der Waals surface area contributed by atoms with Gasteiger partial charge in [0.05, 0.1) is 6.61 Å². The van der Waals surface area contributed by atoms with Gasteiger partial charge < -0.3 is 4.74 Å². The van der Waals surface area contributed by atoms with Crippen molar-refractivity contribution in [1.29, 1.82) is 0 Å². The van der Waals surface area contributed by atoms with Crippen molar-refractivity contribution in [1.82, 2.24) is 5.43 Å². The third-order valence-electron chi connectivity index (χ3n) is 1.88. The number of nitrogens with one attached hydrogen (secondary N) is 1. The van der Waals surface area contributed by atoms with E-state index < -0.39 is 0 Å². The lowest BCUT2D eigenvalue weighted by Gasteiger charge is -2.07. The summed E-state index contributed by atoms with van der Waals surface area (Å²) in [6, 6.07) is 6.13. The first-order valence-electron chi connectivity index (χ1n) is 4.56. The van der Waals surface area contributed by atoms with Crippen LogP contribution in [-0.2, 0) is 17.9 Å². The molecular weight excluding hydrogens is 244 g/mol. The smallest absolute Gasteiger partial charge is 0.0727 e. The van der Waals surface area contributed by atoms with E-state index in [1.165, 1.54) is 0 Å². The Morgan fingerprint density at radius 3 is 2.93 bits per heavy atom. The molecule has 0 aliphatic rings. The van der Waals surface area contributed by atoms with E-state index in [1.807, 2.05) is 19.1 Å². The molecule has 0 atom stereocenters. The van der Waals surface area contributed by atoms with E-state index in [0.29, 0.717) is 13.2 Å². The molecule has 1 aromatic rings. The Morgan fingerprint density at radius 2 is 2.29 bits per heavy atom. The van der Waals surface area contributed by atoms with Crippen molar-refractivity contribution in [2.45, 2.75) is 20.1 Å². The number of hydrogen-bond acceptors (Lipinski definition) is 3. The molecule has 0 unspecified atom stereocenters. The Kier molecular flexibility index (Phi) is 5.11. The van der Waals surface area contributed by atoms with Crippen molar-refractivity contribution in [3.05, 3.63) is 33.8 Å². The Hall–Kier alpha value is -0.420. The third-order valence-corrected chi connectivity index (χ3v) is 2.65. The van der Waals surface area contributed by atoms with E-state index in [1.54, 1.807) is 0 Å². The van der Waals surface area contributed by atoms with Crippen LogP contribution in [0.25, 0.3) is 0 Å². The second-order valence-electron chi connectivity index (χ2n) is 2.94. The van der Waals surface area contributed by atoms with Crippen molar-refractivity contribution in [2.24, 2.45) is 5.84 Å². The van der Waals surface area contributed by atoms with Gasteiger partial charge in [-0.15, -0.1) is 0 Å². The number of rotatable bonds is 5. The van der Waals surface area contributed by atoms with Crippen LogP contribution in [0, 0.1) is 0 Å². The maximum atomic E-state index is 5.35. The van der Waals surface area contributed by atoms with Gasteiger partial charge in [0, 0.05) is 17.6 Å². The Bertz CT molecular complexity index is 291. The van der Waals surface area contributed by atoms with Crippen molar-refractivity contribution in [3.63, 3.8) is 0 Å². The summed E-state index contributed by atoms with van der Waals surface area (Å²) in [5, 5.41) is 0. The molecule has 0 bridgehead atoms. The van der Waals surface area contributed by atoms with Crippen LogP contribution in [0.2, 0.25) is 0 Å². The minimum absolute atomic E-state index is 0.634.